The van der Waals surface area contributed by atoms with Crippen LogP contribution in [-0.4, -0.2) is 44.3 Å². The summed E-state index contributed by atoms with van der Waals surface area (Å²) in [6, 6.07) is 9.24. The van der Waals surface area contributed by atoms with Gasteiger partial charge in [-0.2, -0.15) is 0 Å². The Bertz CT molecular complexity index is 1560. The van der Waals surface area contributed by atoms with Crippen LogP contribution in [0.2, 0.25) is 0 Å². The Kier molecular flexibility index (Phi) is 8.70. The lowest BCUT2D eigenvalue weighted by Crippen LogP contribution is -2.22. The Morgan fingerprint density at radius 2 is 1.50 bits per heavy atom. The lowest BCUT2D eigenvalue weighted by Gasteiger charge is -2.25. The van der Waals surface area contributed by atoms with E-state index in [0.29, 0.717) is 35.2 Å². The zero-order chi connectivity index (χ0) is 29.9. The highest BCUT2D eigenvalue weighted by Gasteiger charge is 2.30. The van der Waals surface area contributed by atoms with Crippen molar-refractivity contribution in [2.75, 3.05) is 16.0 Å². The summed E-state index contributed by atoms with van der Waals surface area (Å²) in [5.41, 5.74) is 3.27. The summed E-state index contributed by atoms with van der Waals surface area (Å²) in [5, 5.41) is 33.5. The molecule has 4 aliphatic rings. The van der Waals surface area contributed by atoms with Crippen molar-refractivity contribution in [2.24, 2.45) is 5.92 Å². The molecule has 3 atom stereocenters. The number of allylic oxidation sites excluding steroid dienone is 4. The number of carbonyl (C=O) groups is 2. The highest BCUT2D eigenvalue weighted by Crippen LogP contribution is 2.43. The van der Waals surface area contributed by atoms with Crippen LogP contribution in [0.15, 0.2) is 48.2 Å². The van der Waals surface area contributed by atoms with Crippen LogP contribution in [0.3, 0.4) is 0 Å². The van der Waals surface area contributed by atoms with E-state index >= 15 is 0 Å². The van der Waals surface area contributed by atoms with Gasteiger partial charge in [0.05, 0.1) is 6.42 Å². The van der Waals surface area contributed by atoms with Crippen LogP contribution in [0.5, 0.6) is 0 Å². The summed E-state index contributed by atoms with van der Waals surface area (Å²) >= 11 is 2.94. The van der Waals surface area contributed by atoms with Crippen molar-refractivity contribution in [1.29, 1.82) is 0 Å². The minimum absolute atomic E-state index is 0.0254. The van der Waals surface area contributed by atoms with Crippen molar-refractivity contribution >= 4 is 50.4 Å². The van der Waals surface area contributed by atoms with E-state index in [9.17, 15) is 9.59 Å². The normalized spacial score (nSPS) is 23.1. The zero-order valence-electron chi connectivity index (χ0n) is 24.6. The van der Waals surface area contributed by atoms with Gasteiger partial charge in [-0.15, -0.1) is 20.4 Å². The molecule has 3 fully saturated rings. The third-order valence-electron chi connectivity index (χ3n) is 8.56. The van der Waals surface area contributed by atoms with Gasteiger partial charge in [-0.05, 0) is 81.1 Å². The Labute approximate surface area is 265 Å². The average Bonchev–Trinajstić information content (AvgIpc) is 3.91. The molecule has 230 valence electrons. The highest BCUT2D eigenvalue weighted by atomic mass is 32.1. The maximum Gasteiger partial charge on any atom is 0.230 e. The molecule has 0 saturated heterocycles. The Morgan fingerprint density at radius 1 is 0.818 bits per heavy atom. The van der Waals surface area contributed by atoms with Crippen LogP contribution in [0.4, 0.5) is 16.0 Å². The lowest BCUT2D eigenvalue weighted by atomic mass is 9.82. The first kappa shape index (κ1) is 29.1. The first-order chi connectivity index (χ1) is 21.5. The van der Waals surface area contributed by atoms with E-state index in [2.05, 4.69) is 59.9 Å². The van der Waals surface area contributed by atoms with E-state index in [1.54, 1.807) is 0 Å². The second-order valence-electron chi connectivity index (χ2n) is 12.5. The average molecular weight is 631 g/mol. The molecule has 44 heavy (non-hydrogen) atoms. The van der Waals surface area contributed by atoms with Gasteiger partial charge in [-0.1, -0.05) is 53.4 Å². The fraction of sp³-hybridized carbons (Fsp3) is 0.500. The molecule has 4 aliphatic carbocycles. The van der Waals surface area contributed by atoms with Crippen LogP contribution < -0.4 is 21.3 Å². The van der Waals surface area contributed by atoms with E-state index in [1.807, 2.05) is 24.3 Å². The van der Waals surface area contributed by atoms with Crippen LogP contribution in [-0.2, 0) is 16.0 Å². The van der Waals surface area contributed by atoms with E-state index in [1.165, 1.54) is 54.1 Å². The molecule has 12 heteroatoms. The number of nitrogens with zero attached hydrogens (tertiary/aromatic N) is 4. The van der Waals surface area contributed by atoms with Gasteiger partial charge < -0.3 is 21.3 Å². The summed E-state index contributed by atoms with van der Waals surface area (Å²) in [6.45, 7) is 0. The molecule has 0 aliphatic heterocycles. The minimum atomic E-state index is -0.0902. The summed E-state index contributed by atoms with van der Waals surface area (Å²) in [6.07, 6.45) is 16.8. The van der Waals surface area contributed by atoms with Gasteiger partial charge >= 0.3 is 0 Å². The summed E-state index contributed by atoms with van der Waals surface area (Å²) in [5.74, 6) is 0.594. The largest absolute Gasteiger partial charge is 0.386 e. The number of rotatable bonds is 12. The van der Waals surface area contributed by atoms with Crippen molar-refractivity contribution in [3.05, 3.63) is 63.8 Å². The molecule has 7 rings (SSSR count). The predicted molar refractivity (Wildman–Crippen MR) is 174 cm³/mol. The molecule has 0 radical (unpaired) electrons. The molecule has 4 N–H and O–H groups in total. The number of amides is 2. The number of hydrogen-bond donors (Lipinski definition) is 4. The fourth-order valence-corrected chi connectivity index (χ4v) is 7.83. The highest BCUT2D eigenvalue weighted by molar-refractivity contribution is 7.15. The predicted octanol–water partition coefficient (Wildman–Crippen LogP) is 6.13. The molecular formula is C32H38N8O2S2. The van der Waals surface area contributed by atoms with Gasteiger partial charge in [0.2, 0.25) is 22.1 Å². The Hall–Kier alpha value is -3.64. The molecule has 2 heterocycles. The summed E-state index contributed by atoms with van der Waals surface area (Å²) in [7, 11) is 0. The molecule has 1 aromatic carbocycles. The van der Waals surface area contributed by atoms with Crippen molar-refractivity contribution in [3.8, 4) is 0 Å². The quantitative estimate of drug-likeness (QED) is 0.188. The van der Waals surface area contributed by atoms with Crippen LogP contribution in [0.25, 0.3) is 0 Å². The number of carbonyl (C=O) groups excluding carboxylic acids is 2. The Morgan fingerprint density at radius 3 is 2.20 bits per heavy atom. The monoisotopic (exact) mass is 630 g/mol. The Balaban J connectivity index is 0.888. The second kappa shape index (κ2) is 13.2. The lowest BCUT2D eigenvalue weighted by molar-refractivity contribution is -0.117. The third-order valence-corrected chi connectivity index (χ3v) is 10.6. The first-order valence-electron chi connectivity index (χ1n) is 15.8. The number of benzene rings is 1. The molecule has 3 aromatic rings. The van der Waals surface area contributed by atoms with Crippen molar-refractivity contribution in [1.82, 2.24) is 25.7 Å². The summed E-state index contributed by atoms with van der Waals surface area (Å²) < 4.78 is 0. The molecule has 0 bridgehead atoms. The third kappa shape index (κ3) is 7.89. The number of anilines is 3. The van der Waals surface area contributed by atoms with Crippen LogP contribution >= 0.6 is 22.7 Å². The van der Waals surface area contributed by atoms with Crippen LogP contribution in [0.1, 0.15) is 91.6 Å². The van der Waals surface area contributed by atoms with Gasteiger partial charge in [0, 0.05) is 41.7 Å². The molecule has 2 aromatic heterocycles. The van der Waals surface area contributed by atoms with Crippen molar-refractivity contribution in [2.45, 2.75) is 94.5 Å². The number of hydrogen-bond acceptors (Lipinski definition) is 10. The van der Waals surface area contributed by atoms with E-state index in [0.717, 1.165) is 53.4 Å². The van der Waals surface area contributed by atoms with E-state index < -0.39 is 0 Å². The topological polar surface area (TPSA) is 134 Å². The van der Waals surface area contributed by atoms with Crippen molar-refractivity contribution < 1.29 is 9.59 Å². The molecule has 3 saturated carbocycles. The van der Waals surface area contributed by atoms with Crippen molar-refractivity contribution in [3.63, 3.8) is 0 Å². The van der Waals surface area contributed by atoms with Gasteiger partial charge in [-0.3, -0.25) is 9.59 Å². The number of aromatic nitrogens is 4. The maximum atomic E-state index is 12.8. The second-order valence-corrected chi connectivity index (χ2v) is 14.5. The van der Waals surface area contributed by atoms with Crippen LogP contribution in [0, 0.1) is 5.92 Å². The minimum Gasteiger partial charge on any atom is -0.386 e. The molecule has 2 amide bonds. The summed E-state index contributed by atoms with van der Waals surface area (Å²) in [4.78, 5) is 25.5. The van der Waals surface area contributed by atoms with Gasteiger partial charge in [0.15, 0.2) is 0 Å². The van der Waals surface area contributed by atoms with Gasteiger partial charge in [-0.25, -0.2) is 0 Å². The van der Waals surface area contributed by atoms with E-state index in [-0.39, 0.29) is 29.6 Å². The molecular weight excluding hydrogens is 593 g/mol. The fourth-order valence-electron chi connectivity index (χ4n) is 6.01. The standard InChI is InChI=1S/C32H38N8O2S2/c41-27(16-19-4-1-8-25(14-19)33-23-10-11-23)35-31-39-37-29(43-31)21-6-3-7-22(18-21)30-38-40-32(44-30)36-28(42)17-20-5-2-9-26(15-20)34-24-12-13-24/h1-2,4-5,8-9,14,20-24,33-34H,3,6-7,10-13,15-18H2,(H,35,39,41)(H,36,40,42)/t20?,21-,22-/m0/s1. The van der Waals surface area contributed by atoms with Gasteiger partial charge in [0.25, 0.3) is 0 Å². The van der Waals surface area contributed by atoms with E-state index in [4.69, 9.17) is 0 Å². The SMILES string of the molecule is O=C(Cc1cccc(NC2CC2)c1)Nc1nnc([C@H]2CCC[C@H](c3nnc(NC(=O)CC4C=CC=C(NC5CC5)C4)s3)C2)s1. The molecule has 1 unspecified atom stereocenters. The number of nitrogens with one attached hydrogen (secondary N) is 4. The van der Waals surface area contributed by atoms with Gasteiger partial charge in [0.1, 0.15) is 10.0 Å². The first-order valence-corrected chi connectivity index (χ1v) is 17.4. The molecule has 10 nitrogen and oxygen atoms in total. The molecule has 0 spiro atoms. The smallest absolute Gasteiger partial charge is 0.230 e. The zero-order valence-corrected chi connectivity index (χ0v) is 26.3. The maximum absolute atomic E-state index is 12.8.